The van der Waals surface area contributed by atoms with Crippen LogP contribution < -0.4 is 15.2 Å². The van der Waals surface area contributed by atoms with Crippen molar-refractivity contribution >= 4 is 0 Å². The third-order valence-corrected chi connectivity index (χ3v) is 2.33. The smallest absolute Gasteiger partial charge is 0.231 e. The second-order valence-corrected chi connectivity index (χ2v) is 3.70. The van der Waals surface area contributed by atoms with Crippen LogP contribution in [0.1, 0.15) is 18.9 Å². The highest BCUT2D eigenvalue weighted by Crippen LogP contribution is 2.32. The van der Waals surface area contributed by atoms with Gasteiger partial charge >= 0.3 is 0 Å². The largest absolute Gasteiger partial charge is 0.454 e. The van der Waals surface area contributed by atoms with E-state index < -0.39 is 0 Å². The summed E-state index contributed by atoms with van der Waals surface area (Å²) in [5, 5.41) is 0. The van der Waals surface area contributed by atoms with Crippen molar-refractivity contribution in [2.24, 2.45) is 5.73 Å². The molecule has 0 bridgehead atoms. The van der Waals surface area contributed by atoms with E-state index in [1.807, 2.05) is 19.1 Å². The van der Waals surface area contributed by atoms with Gasteiger partial charge in [0.15, 0.2) is 11.5 Å². The second-order valence-electron chi connectivity index (χ2n) is 3.70. The number of rotatable bonds is 3. The lowest BCUT2D eigenvalue weighted by molar-refractivity contribution is 0.174. The lowest BCUT2D eigenvalue weighted by Gasteiger charge is -2.05. The summed E-state index contributed by atoms with van der Waals surface area (Å²) in [6.07, 6.45) is 1.99. The molecule has 1 aromatic carbocycles. The minimum absolute atomic E-state index is 0.250. The fourth-order valence-electron chi connectivity index (χ4n) is 1.49. The van der Waals surface area contributed by atoms with Gasteiger partial charge in [-0.1, -0.05) is 6.07 Å². The topological polar surface area (TPSA) is 44.5 Å². The zero-order valence-corrected chi connectivity index (χ0v) is 8.32. The van der Waals surface area contributed by atoms with Crippen LogP contribution in [0.5, 0.6) is 11.5 Å². The van der Waals surface area contributed by atoms with Crippen molar-refractivity contribution in [2.75, 3.05) is 6.79 Å². The molecule has 2 rings (SSSR count). The molecule has 0 fully saturated rings. The Labute approximate surface area is 83.8 Å². The van der Waals surface area contributed by atoms with E-state index >= 15 is 0 Å². The van der Waals surface area contributed by atoms with E-state index in [1.165, 1.54) is 5.56 Å². The fraction of sp³-hybridized carbons (Fsp3) is 0.455. The first-order chi connectivity index (χ1) is 6.75. The van der Waals surface area contributed by atoms with Crippen molar-refractivity contribution in [1.29, 1.82) is 0 Å². The molecule has 1 heterocycles. The number of aryl methyl sites for hydroxylation is 1. The van der Waals surface area contributed by atoms with Crippen LogP contribution in [0, 0.1) is 0 Å². The van der Waals surface area contributed by atoms with Gasteiger partial charge in [-0.05, 0) is 37.5 Å². The standard InChI is InChI=1S/C11H15NO2/c1-8(12)2-3-9-4-5-10-11(6-9)14-7-13-10/h4-6,8H,2-3,7,12H2,1H3. The lowest BCUT2D eigenvalue weighted by atomic mass is 10.1. The van der Waals surface area contributed by atoms with Crippen LogP contribution in [0.25, 0.3) is 0 Å². The number of ether oxygens (including phenoxy) is 2. The molecular formula is C11H15NO2. The molecule has 0 spiro atoms. The molecule has 0 aliphatic carbocycles. The molecule has 76 valence electrons. The van der Waals surface area contributed by atoms with Gasteiger partial charge in [-0.15, -0.1) is 0 Å². The molecule has 1 unspecified atom stereocenters. The summed E-state index contributed by atoms with van der Waals surface area (Å²) in [4.78, 5) is 0. The molecule has 3 heteroatoms. The van der Waals surface area contributed by atoms with Gasteiger partial charge in [-0.3, -0.25) is 0 Å². The predicted molar refractivity (Wildman–Crippen MR) is 54.5 cm³/mol. The van der Waals surface area contributed by atoms with E-state index in [-0.39, 0.29) is 6.04 Å². The van der Waals surface area contributed by atoms with Crippen molar-refractivity contribution < 1.29 is 9.47 Å². The highest BCUT2D eigenvalue weighted by Gasteiger charge is 2.12. The van der Waals surface area contributed by atoms with Crippen molar-refractivity contribution in [2.45, 2.75) is 25.8 Å². The van der Waals surface area contributed by atoms with Crippen LogP contribution in [0.2, 0.25) is 0 Å². The Hall–Kier alpha value is -1.22. The van der Waals surface area contributed by atoms with Gasteiger partial charge in [0.05, 0.1) is 0 Å². The van der Waals surface area contributed by atoms with Gasteiger partial charge in [0.2, 0.25) is 6.79 Å². The van der Waals surface area contributed by atoms with Gasteiger partial charge in [0.1, 0.15) is 0 Å². The molecule has 1 aliphatic rings. The molecule has 0 aromatic heterocycles. The minimum Gasteiger partial charge on any atom is -0.454 e. The normalized spacial score (nSPS) is 15.6. The Kier molecular flexibility index (Phi) is 2.59. The summed E-state index contributed by atoms with van der Waals surface area (Å²) < 4.78 is 10.5. The van der Waals surface area contributed by atoms with Gasteiger partial charge in [0, 0.05) is 6.04 Å². The van der Waals surface area contributed by atoms with E-state index in [9.17, 15) is 0 Å². The number of hydrogen-bond acceptors (Lipinski definition) is 3. The molecule has 1 aliphatic heterocycles. The molecule has 1 aromatic rings. The first-order valence-corrected chi connectivity index (χ1v) is 4.90. The maximum Gasteiger partial charge on any atom is 0.231 e. The van der Waals surface area contributed by atoms with Crippen molar-refractivity contribution in [1.82, 2.24) is 0 Å². The van der Waals surface area contributed by atoms with Crippen LogP contribution in [-0.2, 0) is 6.42 Å². The maximum absolute atomic E-state index is 5.70. The molecular weight excluding hydrogens is 178 g/mol. The van der Waals surface area contributed by atoms with Crippen molar-refractivity contribution in [3.8, 4) is 11.5 Å². The summed E-state index contributed by atoms with van der Waals surface area (Å²) in [5.41, 5.74) is 6.95. The quantitative estimate of drug-likeness (QED) is 0.794. The van der Waals surface area contributed by atoms with Gasteiger partial charge in [-0.2, -0.15) is 0 Å². The molecule has 14 heavy (non-hydrogen) atoms. The Balaban J connectivity index is 2.05. The van der Waals surface area contributed by atoms with Crippen LogP contribution >= 0.6 is 0 Å². The molecule has 0 saturated carbocycles. The highest BCUT2D eigenvalue weighted by molar-refractivity contribution is 5.44. The number of fused-ring (bicyclic) bond motifs is 1. The molecule has 0 saturated heterocycles. The van der Waals surface area contributed by atoms with E-state index in [0.717, 1.165) is 24.3 Å². The third-order valence-electron chi connectivity index (χ3n) is 2.33. The summed E-state index contributed by atoms with van der Waals surface area (Å²) in [6.45, 7) is 2.36. The summed E-state index contributed by atoms with van der Waals surface area (Å²) in [6, 6.07) is 6.31. The molecule has 0 radical (unpaired) electrons. The first-order valence-electron chi connectivity index (χ1n) is 4.90. The minimum atomic E-state index is 0.250. The van der Waals surface area contributed by atoms with Gasteiger partial charge in [-0.25, -0.2) is 0 Å². The van der Waals surface area contributed by atoms with Crippen LogP contribution in [0.15, 0.2) is 18.2 Å². The van der Waals surface area contributed by atoms with Crippen molar-refractivity contribution in [3.05, 3.63) is 23.8 Å². The van der Waals surface area contributed by atoms with Crippen molar-refractivity contribution in [3.63, 3.8) is 0 Å². The molecule has 1 atom stereocenters. The number of hydrogen-bond donors (Lipinski definition) is 1. The summed E-state index contributed by atoms with van der Waals surface area (Å²) in [7, 11) is 0. The maximum atomic E-state index is 5.70. The van der Waals surface area contributed by atoms with Gasteiger partial charge in [0.25, 0.3) is 0 Å². The SMILES string of the molecule is CC(N)CCc1ccc2c(c1)OCO2. The average Bonchev–Trinajstić information content (AvgIpc) is 2.61. The van der Waals surface area contributed by atoms with Crippen LogP contribution in [-0.4, -0.2) is 12.8 Å². The number of benzene rings is 1. The van der Waals surface area contributed by atoms with E-state index in [2.05, 4.69) is 6.07 Å². The third kappa shape index (κ3) is 1.99. The highest BCUT2D eigenvalue weighted by atomic mass is 16.7. The molecule has 0 amide bonds. The second kappa shape index (κ2) is 3.88. The fourth-order valence-corrected chi connectivity index (χ4v) is 1.49. The molecule has 2 N–H and O–H groups in total. The average molecular weight is 193 g/mol. The number of nitrogens with two attached hydrogens (primary N) is 1. The lowest BCUT2D eigenvalue weighted by Crippen LogP contribution is -2.15. The van der Waals surface area contributed by atoms with Crippen LogP contribution in [0.3, 0.4) is 0 Å². The van der Waals surface area contributed by atoms with Gasteiger partial charge < -0.3 is 15.2 Å². The predicted octanol–water partition coefficient (Wildman–Crippen LogP) is 1.70. The Bertz CT molecular complexity index is 323. The Morgan fingerprint density at radius 2 is 2.14 bits per heavy atom. The van der Waals surface area contributed by atoms with E-state index in [4.69, 9.17) is 15.2 Å². The van der Waals surface area contributed by atoms with Crippen LogP contribution in [0.4, 0.5) is 0 Å². The zero-order chi connectivity index (χ0) is 9.97. The monoisotopic (exact) mass is 193 g/mol. The van der Waals surface area contributed by atoms with E-state index in [0.29, 0.717) is 6.79 Å². The van der Waals surface area contributed by atoms with E-state index in [1.54, 1.807) is 0 Å². The first kappa shape index (κ1) is 9.34. The summed E-state index contributed by atoms with van der Waals surface area (Å²) >= 11 is 0. The molecule has 3 nitrogen and oxygen atoms in total. The Morgan fingerprint density at radius 3 is 2.93 bits per heavy atom. The zero-order valence-electron chi connectivity index (χ0n) is 8.32. The Morgan fingerprint density at radius 1 is 1.36 bits per heavy atom. The summed E-state index contributed by atoms with van der Waals surface area (Å²) in [5.74, 6) is 1.70.